The number of anilines is 1. The molecule has 0 spiro atoms. The number of nitrogens with zero attached hydrogens (tertiary/aromatic N) is 1. The van der Waals surface area contributed by atoms with E-state index >= 15 is 0 Å². The molecule has 5 heteroatoms. The lowest BCUT2D eigenvalue weighted by Crippen LogP contribution is -2.38. The fourth-order valence-corrected chi connectivity index (χ4v) is 1.72. The van der Waals surface area contributed by atoms with Crippen molar-refractivity contribution < 1.29 is 14.7 Å². The van der Waals surface area contributed by atoms with E-state index in [1.54, 1.807) is 20.0 Å². The van der Waals surface area contributed by atoms with Gasteiger partial charge in [-0.1, -0.05) is 12.1 Å². The van der Waals surface area contributed by atoms with Crippen LogP contribution >= 0.6 is 0 Å². The van der Waals surface area contributed by atoms with Crippen LogP contribution in [0.25, 0.3) is 0 Å². The lowest BCUT2D eigenvalue weighted by molar-refractivity contribution is -0.142. The molecule has 0 bridgehead atoms. The number of aliphatic hydroxyl groups is 1. The van der Waals surface area contributed by atoms with Gasteiger partial charge in [0.2, 0.25) is 0 Å². The van der Waals surface area contributed by atoms with E-state index in [2.05, 4.69) is 5.32 Å². The molecule has 20 heavy (non-hydrogen) atoms. The molecule has 1 rings (SSSR count). The van der Waals surface area contributed by atoms with Gasteiger partial charge in [-0.3, -0.25) is 9.59 Å². The summed E-state index contributed by atoms with van der Waals surface area (Å²) < 4.78 is 0. The molecular formula is C15H22N2O3. The quantitative estimate of drug-likeness (QED) is 0.819. The Balaban J connectivity index is 2.66. The second kappa shape index (κ2) is 7.05. The number of amides is 2. The van der Waals surface area contributed by atoms with Crippen molar-refractivity contribution >= 4 is 17.5 Å². The molecule has 0 saturated carbocycles. The van der Waals surface area contributed by atoms with Gasteiger partial charge < -0.3 is 15.3 Å². The van der Waals surface area contributed by atoms with Gasteiger partial charge in [-0.05, 0) is 44.4 Å². The summed E-state index contributed by atoms with van der Waals surface area (Å²) in [7, 11) is 1.55. The lowest BCUT2D eigenvalue weighted by atomic mass is 10.1. The van der Waals surface area contributed by atoms with Crippen molar-refractivity contribution in [3.63, 3.8) is 0 Å². The molecule has 1 unspecified atom stereocenters. The van der Waals surface area contributed by atoms with Crippen molar-refractivity contribution in [3.8, 4) is 0 Å². The van der Waals surface area contributed by atoms with Gasteiger partial charge in [-0.2, -0.15) is 0 Å². The maximum Gasteiger partial charge on any atom is 0.313 e. The van der Waals surface area contributed by atoms with Gasteiger partial charge in [0, 0.05) is 19.3 Å². The summed E-state index contributed by atoms with van der Waals surface area (Å²) in [6.07, 6.45) is -0.0498. The summed E-state index contributed by atoms with van der Waals surface area (Å²) in [6.45, 7) is 5.83. The first-order valence-electron chi connectivity index (χ1n) is 6.63. The normalized spacial score (nSPS) is 11.8. The summed E-state index contributed by atoms with van der Waals surface area (Å²) >= 11 is 0. The first-order chi connectivity index (χ1) is 9.32. The van der Waals surface area contributed by atoms with Crippen molar-refractivity contribution in [1.29, 1.82) is 0 Å². The summed E-state index contributed by atoms with van der Waals surface area (Å²) in [5, 5.41) is 11.8. The number of hydrogen-bond donors (Lipinski definition) is 2. The molecule has 2 amide bonds. The van der Waals surface area contributed by atoms with Crippen LogP contribution in [0.15, 0.2) is 18.2 Å². The standard InChI is InChI=1S/C15H22N2O3/c1-10-6-5-7-13(12(10)3)16-14(19)15(20)17(4)9-8-11(2)18/h5-7,11,18H,8-9H2,1-4H3,(H,16,19). The Kier molecular flexibility index (Phi) is 5.70. The Morgan fingerprint density at radius 2 is 2.00 bits per heavy atom. The molecule has 5 nitrogen and oxygen atoms in total. The summed E-state index contributed by atoms with van der Waals surface area (Å²) in [4.78, 5) is 25.1. The highest BCUT2D eigenvalue weighted by atomic mass is 16.3. The topological polar surface area (TPSA) is 69.6 Å². The number of hydrogen-bond acceptors (Lipinski definition) is 3. The van der Waals surface area contributed by atoms with Gasteiger partial charge in [-0.15, -0.1) is 0 Å². The number of nitrogens with one attached hydrogen (secondary N) is 1. The molecule has 1 aromatic rings. The maximum absolute atomic E-state index is 11.9. The number of rotatable bonds is 4. The summed E-state index contributed by atoms with van der Waals surface area (Å²) in [5.41, 5.74) is 2.64. The summed E-state index contributed by atoms with van der Waals surface area (Å²) in [6, 6.07) is 5.55. The predicted octanol–water partition coefficient (Wildman–Crippen LogP) is 1.47. The molecular weight excluding hydrogens is 256 g/mol. The molecule has 0 fully saturated rings. The van der Waals surface area contributed by atoms with E-state index in [9.17, 15) is 14.7 Å². The van der Waals surface area contributed by atoms with Crippen molar-refractivity contribution in [2.75, 3.05) is 18.9 Å². The summed E-state index contributed by atoms with van der Waals surface area (Å²) in [5.74, 6) is -1.27. The minimum Gasteiger partial charge on any atom is -0.393 e. The highest BCUT2D eigenvalue weighted by Crippen LogP contribution is 2.17. The molecule has 0 aliphatic heterocycles. The molecule has 0 radical (unpaired) electrons. The van der Waals surface area contributed by atoms with Crippen LogP contribution < -0.4 is 5.32 Å². The third-order valence-electron chi connectivity index (χ3n) is 3.28. The van der Waals surface area contributed by atoms with Crippen molar-refractivity contribution in [2.45, 2.75) is 33.3 Å². The van der Waals surface area contributed by atoms with Crippen LogP contribution in [0.5, 0.6) is 0 Å². The first-order valence-corrected chi connectivity index (χ1v) is 6.63. The van der Waals surface area contributed by atoms with Crippen LogP contribution in [0.4, 0.5) is 5.69 Å². The first kappa shape index (κ1) is 16.2. The van der Waals surface area contributed by atoms with E-state index in [4.69, 9.17) is 0 Å². The Hall–Kier alpha value is -1.88. The number of carbonyl (C=O) groups is 2. The Labute approximate surface area is 119 Å². The molecule has 0 aliphatic rings. The molecule has 0 aliphatic carbocycles. The molecule has 1 atom stereocenters. The van der Waals surface area contributed by atoms with Crippen LogP contribution in [0, 0.1) is 13.8 Å². The largest absolute Gasteiger partial charge is 0.393 e. The van der Waals surface area contributed by atoms with Crippen LogP contribution in [0.2, 0.25) is 0 Å². The van der Waals surface area contributed by atoms with Gasteiger partial charge in [0.25, 0.3) is 0 Å². The van der Waals surface area contributed by atoms with Gasteiger partial charge in [0.05, 0.1) is 6.10 Å². The van der Waals surface area contributed by atoms with Crippen molar-refractivity contribution in [1.82, 2.24) is 4.90 Å². The zero-order valence-electron chi connectivity index (χ0n) is 12.4. The zero-order chi connectivity index (χ0) is 15.3. The van der Waals surface area contributed by atoms with Gasteiger partial charge in [-0.25, -0.2) is 0 Å². The number of carbonyl (C=O) groups excluding carboxylic acids is 2. The van der Waals surface area contributed by atoms with Crippen LogP contribution in [0.3, 0.4) is 0 Å². The van der Waals surface area contributed by atoms with E-state index in [1.165, 1.54) is 4.90 Å². The van der Waals surface area contributed by atoms with Crippen LogP contribution in [0.1, 0.15) is 24.5 Å². The zero-order valence-corrected chi connectivity index (χ0v) is 12.4. The third-order valence-corrected chi connectivity index (χ3v) is 3.28. The van der Waals surface area contributed by atoms with Gasteiger partial charge in [0.1, 0.15) is 0 Å². The lowest BCUT2D eigenvalue weighted by Gasteiger charge is -2.18. The van der Waals surface area contributed by atoms with Crippen LogP contribution in [-0.2, 0) is 9.59 Å². The smallest absolute Gasteiger partial charge is 0.313 e. The molecule has 0 aromatic heterocycles. The number of likely N-dealkylation sites (N-methyl/N-ethyl adjacent to an activating group) is 1. The minimum absolute atomic E-state index is 0.344. The third kappa shape index (κ3) is 4.35. The molecule has 1 aromatic carbocycles. The van der Waals surface area contributed by atoms with E-state index in [0.29, 0.717) is 18.7 Å². The van der Waals surface area contributed by atoms with Crippen LogP contribution in [-0.4, -0.2) is 41.5 Å². The fraction of sp³-hybridized carbons (Fsp3) is 0.467. The second-order valence-corrected chi connectivity index (χ2v) is 5.07. The molecule has 0 saturated heterocycles. The predicted molar refractivity (Wildman–Crippen MR) is 78.5 cm³/mol. The van der Waals surface area contributed by atoms with E-state index < -0.39 is 17.9 Å². The Morgan fingerprint density at radius 1 is 1.35 bits per heavy atom. The number of aliphatic hydroxyl groups excluding tert-OH is 1. The van der Waals surface area contributed by atoms with Gasteiger partial charge in [0.15, 0.2) is 0 Å². The Bertz CT molecular complexity index is 498. The molecule has 0 heterocycles. The minimum atomic E-state index is -0.660. The molecule has 110 valence electrons. The fourth-order valence-electron chi connectivity index (χ4n) is 1.72. The SMILES string of the molecule is Cc1cccc(NC(=O)C(=O)N(C)CCC(C)O)c1C. The van der Waals surface area contributed by atoms with E-state index in [1.807, 2.05) is 26.0 Å². The Morgan fingerprint density at radius 3 is 2.60 bits per heavy atom. The monoisotopic (exact) mass is 278 g/mol. The van der Waals surface area contributed by atoms with E-state index in [0.717, 1.165) is 11.1 Å². The van der Waals surface area contributed by atoms with E-state index in [-0.39, 0.29) is 0 Å². The number of benzene rings is 1. The highest BCUT2D eigenvalue weighted by Gasteiger charge is 2.19. The van der Waals surface area contributed by atoms with Crippen molar-refractivity contribution in [3.05, 3.63) is 29.3 Å². The molecule has 2 N–H and O–H groups in total. The van der Waals surface area contributed by atoms with Crippen molar-refractivity contribution in [2.24, 2.45) is 0 Å². The van der Waals surface area contributed by atoms with Gasteiger partial charge >= 0.3 is 11.8 Å². The maximum atomic E-state index is 11.9. The average molecular weight is 278 g/mol. The highest BCUT2D eigenvalue weighted by molar-refractivity contribution is 6.39. The average Bonchev–Trinajstić information content (AvgIpc) is 2.40. The number of aryl methyl sites for hydroxylation is 1. The second-order valence-electron chi connectivity index (χ2n) is 5.07.